The van der Waals surface area contributed by atoms with Gasteiger partial charge in [-0.15, -0.1) is 0 Å². The Balaban J connectivity index is 1.82. The van der Waals surface area contributed by atoms with E-state index in [-0.39, 0.29) is 6.03 Å². The molecule has 86 valence electrons. The second-order valence-corrected chi connectivity index (χ2v) is 4.64. The molecular weight excluding hydrogens is 190 g/mol. The fourth-order valence-corrected chi connectivity index (χ4v) is 2.51. The number of nitrogens with one attached hydrogen (secondary N) is 1. The van der Waals surface area contributed by atoms with E-state index in [4.69, 9.17) is 0 Å². The van der Waals surface area contributed by atoms with Crippen LogP contribution in [0.2, 0.25) is 0 Å². The maximum absolute atomic E-state index is 11.6. The molecule has 0 spiro atoms. The minimum atomic E-state index is 0.118. The number of carbonyl (C=O) groups is 1. The Bertz CT molecular complexity index is 226. The number of hydrogen-bond donors (Lipinski definition) is 1. The van der Waals surface area contributed by atoms with Crippen LogP contribution >= 0.6 is 0 Å². The minimum absolute atomic E-state index is 0.118. The van der Waals surface area contributed by atoms with Crippen LogP contribution in [0.25, 0.3) is 0 Å². The fraction of sp³-hybridized carbons (Fsp3) is 0.909. The van der Waals surface area contributed by atoms with E-state index in [1.807, 2.05) is 4.90 Å². The molecule has 2 aliphatic heterocycles. The summed E-state index contributed by atoms with van der Waals surface area (Å²) < 4.78 is 0. The number of nitrogens with zero attached hydrogens (tertiary/aromatic N) is 2. The SMILES string of the molecule is CC(CN1CCCC1)N1CCCNC1=O. The third-order valence-corrected chi connectivity index (χ3v) is 3.37. The number of urea groups is 1. The highest BCUT2D eigenvalue weighted by Gasteiger charge is 2.25. The van der Waals surface area contributed by atoms with Gasteiger partial charge in [-0.25, -0.2) is 4.79 Å². The number of likely N-dealkylation sites (tertiary alicyclic amines) is 1. The smallest absolute Gasteiger partial charge is 0.317 e. The van der Waals surface area contributed by atoms with E-state index in [1.165, 1.54) is 25.9 Å². The number of amides is 2. The second kappa shape index (κ2) is 4.84. The molecule has 1 N–H and O–H groups in total. The summed E-state index contributed by atoms with van der Waals surface area (Å²) in [5.74, 6) is 0. The van der Waals surface area contributed by atoms with E-state index >= 15 is 0 Å². The van der Waals surface area contributed by atoms with Crippen LogP contribution in [0, 0.1) is 0 Å². The van der Waals surface area contributed by atoms with Gasteiger partial charge in [0.1, 0.15) is 0 Å². The fourth-order valence-electron chi connectivity index (χ4n) is 2.51. The Morgan fingerprint density at radius 3 is 2.67 bits per heavy atom. The van der Waals surface area contributed by atoms with Crippen LogP contribution in [0.5, 0.6) is 0 Å². The van der Waals surface area contributed by atoms with Crippen LogP contribution in [-0.2, 0) is 0 Å². The van der Waals surface area contributed by atoms with Crippen molar-refractivity contribution in [3.8, 4) is 0 Å². The molecule has 2 heterocycles. The molecule has 2 amide bonds. The molecule has 1 unspecified atom stereocenters. The lowest BCUT2D eigenvalue weighted by molar-refractivity contribution is 0.147. The van der Waals surface area contributed by atoms with Gasteiger partial charge < -0.3 is 15.1 Å². The normalized spacial score (nSPS) is 25.4. The first-order valence-corrected chi connectivity index (χ1v) is 6.04. The molecule has 2 fully saturated rings. The molecule has 2 aliphatic rings. The molecule has 0 aliphatic carbocycles. The molecule has 1 atom stereocenters. The summed E-state index contributed by atoms with van der Waals surface area (Å²) in [4.78, 5) is 16.0. The van der Waals surface area contributed by atoms with Gasteiger partial charge in [0, 0.05) is 25.7 Å². The van der Waals surface area contributed by atoms with Crippen LogP contribution in [-0.4, -0.2) is 54.6 Å². The van der Waals surface area contributed by atoms with Gasteiger partial charge in [0.25, 0.3) is 0 Å². The number of rotatable bonds is 3. The Labute approximate surface area is 91.6 Å². The third-order valence-electron chi connectivity index (χ3n) is 3.37. The third kappa shape index (κ3) is 2.62. The summed E-state index contributed by atoms with van der Waals surface area (Å²) >= 11 is 0. The lowest BCUT2D eigenvalue weighted by Crippen LogP contribution is -2.53. The van der Waals surface area contributed by atoms with E-state index in [9.17, 15) is 4.79 Å². The van der Waals surface area contributed by atoms with Crippen molar-refractivity contribution in [1.82, 2.24) is 15.1 Å². The van der Waals surface area contributed by atoms with Gasteiger partial charge in [-0.3, -0.25) is 0 Å². The summed E-state index contributed by atoms with van der Waals surface area (Å²) in [5.41, 5.74) is 0. The van der Waals surface area contributed by atoms with Gasteiger partial charge >= 0.3 is 6.03 Å². The molecule has 0 bridgehead atoms. The van der Waals surface area contributed by atoms with Crippen molar-refractivity contribution in [2.24, 2.45) is 0 Å². The monoisotopic (exact) mass is 211 g/mol. The number of hydrogen-bond acceptors (Lipinski definition) is 2. The van der Waals surface area contributed by atoms with Crippen molar-refractivity contribution in [3.63, 3.8) is 0 Å². The van der Waals surface area contributed by atoms with Crippen molar-refractivity contribution in [1.29, 1.82) is 0 Å². The molecule has 0 aromatic rings. The van der Waals surface area contributed by atoms with E-state index in [1.54, 1.807) is 0 Å². The molecule has 15 heavy (non-hydrogen) atoms. The minimum Gasteiger partial charge on any atom is -0.338 e. The first-order chi connectivity index (χ1) is 7.27. The quantitative estimate of drug-likeness (QED) is 0.752. The highest BCUT2D eigenvalue weighted by Crippen LogP contribution is 2.12. The van der Waals surface area contributed by atoms with Crippen LogP contribution in [0.1, 0.15) is 26.2 Å². The average molecular weight is 211 g/mol. The van der Waals surface area contributed by atoms with Crippen LogP contribution < -0.4 is 5.32 Å². The number of carbonyl (C=O) groups excluding carboxylic acids is 1. The lowest BCUT2D eigenvalue weighted by atomic mass is 10.2. The molecular formula is C11H21N3O. The second-order valence-electron chi connectivity index (χ2n) is 4.64. The van der Waals surface area contributed by atoms with Crippen LogP contribution in [0.4, 0.5) is 4.79 Å². The van der Waals surface area contributed by atoms with Crippen molar-refractivity contribution < 1.29 is 4.79 Å². The molecule has 0 saturated carbocycles. The average Bonchev–Trinajstić information content (AvgIpc) is 2.71. The van der Waals surface area contributed by atoms with E-state index in [2.05, 4.69) is 17.1 Å². The van der Waals surface area contributed by atoms with Gasteiger partial charge in [0.05, 0.1) is 0 Å². The Morgan fingerprint density at radius 2 is 2.00 bits per heavy atom. The highest BCUT2D eigenvalue weighted by molar-refractivity contribution is 5.75. The molecule has 4 nitrogen and oxygen atoms in total. The van der Waals surface area contributed by atoms with Crippen LogP contribution in [0.15, 0.2) is 0 Å². The van der Waals surface area contributed by atoms with E-state index in [0.717, 1.165) is 26.1 Å². The predicted molar refractivity (Wildman–Crippen MR) is 59.9 cm³/mol. The van der Waals surface area contributed by atoms with Crippen molar-refractivity contribution >= 4 is 6.03 Å². The van der Waals surface area contributed by atoms with Gasteiger partial charge in [0.2, 0.25) is 0 Å². The maximum Gasteiger partial charge on any atom is 0.317 e. The summed E-state index contributed by atoms with van der Waals surface area (Å²) in [7, 11) is 0. The molecule has 2 rings (SSSR count). The zero-order valence-corrected chi connectivity index (χ0v) is 9.54. The maximum atomic E-state index is 11.6. The highest BCUT2D eigenvalue weighted by atomic mass is 16.2. The molecule has 0 aromatic carbocycles. The topological polar surface area (TPSA) is 35.6 Å². The standard InChI is InChI=1S/C11H21N3O/c1-10(9-13-6-2-3-7-13)14-8-4-5-12-11(14)15/h10H,2-9H2,1H3,(H,12,15). The molecule has 0 aromatic heterocycles. The van der Waals surface area contributed by atoms with E-state index < -0.39 is 0 Å². The van der Waals surface area contributed by atoms with Gasteiger partial charge in [0.15, 0.2) is 0 Å². The Kier molecular flexibility index (Phi) is 3.46. The van der Waals surface area contributed by atoms with Gasteiger partial charge in [-0.2, -0.15) is 0 Å². The van der Waals surface area contributed by atoms with Crippen LogP contribution in [0.3, 0.4) is 0 Å². The lowest BCUT2D eigenvalue weighted by Gasteiger charge is -2.34. The summed E-state index contributed by atoms with van der Waals surface area (Å²) in [5, 5.41) is 2.91. The van der Waals surface area contributed by atoms with Crippen molar-refractivity contribution in [2.75, 3.05) is 32.7 Å². The Morgan fingerprint density at radius 1 is 1.27 bits per heavy atom. The molecule has 2 saturated heterocycles. The summed E-state index contributed by atoms with van der Waals surface area (Å²) in [6.07, 6.45) is 3.72. The van der Waals surface area contributed by atoms with Crippen molar-refractivity contribution in [3.05, 3.63) is 0 Å². The zero-order chi connectivity index (χ0) is 10.7. The Hall–Kier alpha value is -0.770. The van der Waals surface area contributed by atoms with Crippen molar-refractivity contribution in [2.45, 2.75) is 32.2 Å². The predicted octanol–water partition coefficient (Wildman–Crippen LogP) is 0.886. The molecule has 4 heteroatoms. The zero-order valence-electron chi connectivity index (χ0n) is 9.54. The first-order valence-electron chi connectivity index (χ1n) is 6.04. The summed E-state index contributed by atoms with van der Waals surface area (Å²) in [6.45, 7) is 7.36. The molecule has 0 radical (unpaired) electrons. The van der Waals surface area contributed by atoms with Gasteiger partial charge in [-0.1, -0.05) is 0 Å². The van der Waals surface area contributed by atoms with E-state index in [0.29, 0.717) is 6.04 Å². The van der Waals surface area contributed by atoms with Gasteiger partial charge in [-0.05, 0) is 39.3 Å². The largest absolute Gasteiger partial charge is 0.338 e. The summed E-state index contributed by atoms with van der Waals surface area (Å²) in [6, 6.07) is 0.469. The first kappa shape index (κ1) is 10.7.